The van der Waals surface area contributed by atoms with E-state index in [0.29, 0.717) is 42.8 Å². The lowest BCUT2D eigenvalue weighted by atomic mass is 9.95. The number of nitrogens with zero attached hydrogens (tertiary/aromatic N) is 3. The Hall–Kier alpha value is -2.71. The molecule has 30 heavy (non-hydrogen) atoms. The Morgan fingerprint density at radius 2 is 1.97 bits per heavy atom. The molecule has 0 spiro atoms. The van der Waals surface area contributed by atoms with Crippen molar-refractivity contribution >= 4 is 35.2 Å². The molecule has 1 fully saturated rings. The lowest BCUT2D eigenvalue weighted by Gasteiger charge is -2.27. The van der Waals surface area contributed by atoms with Crippen LogP contribution in [0.1, 0.15) is 59.8 Å². The number of anilines is 1. The number of nitrogens with two attached hydrogens (primary N) is 1. The largest absolute Gasteiger partial charge is 0.440 e. The SMILES string of the molecule is NNc1nc2oc3c(c2c(=S)n1C1CCCCC1)CCN(C(=O)c1ccccc1)C3. The molecule has 1 aliphatic heterocycles. The number of furan rings is 1. The highest BCUT2D eigenvalue weighted by molar-refractivity contribution is 7.71. The lowest BCUT2D eigenvalue weighted by Crippen LogP contribution is -2.35. The third kappa shape index (κ3) is 3.20. The van der Waals surface area contributed by atoms with Gasteiger partial charge in [0, 0.05) is 23.7 Å². The highest BCUT2D eigenvalue weighted by Gasteiger charge is 2.29. The van der Waals surface area contributed by atoms with Crippen LogP contribution >= 0.6 is 12.2 Å². The summed E-state index contributed by atoms with van der Waals surface area (Å²) in [6.07, 6.45) is 6.50. The van der Waals surface area contributed by atoms with Crippen molar-refractivity contribution in [2.45, 2.75) is 51.1 Å². The summed E-state index contributed by atoms with van der Waals surface area (Å²) in [6, 6.07) is 9.65. The molecule has 1 aromatic carbocycles. The minimum Gasteiger partial charge on any atom is -0.440 e. The van der Waals surface area contributed by atoms with Crippen molar-refractivity contribution in [3.8, 4) is 0 Å². The zero-order valence-electron chi connectivity index (χ0n) is 16.8. The van der Waals surface area contributed by atoms with E-state index in [2.05, 4.69) is 15.0 Å². The fourth-order valence-electron chi connectivity index (χ4n) is 4.77. The number of aromatic nitrogens is 2. The van der Waals surface area contributed by atoms with Crippen LogP contribution in [0, 0.1) is 4.64 Å². The summed E-state index contributed by atoms with van der Waals surface area (Å²) in [7, 11) is 0. The quantitative estimate of drug-likeness (QED) is 0.370. The minimum absolute atomic E-state index is 0.00912. The van der Waals surface area contributed by atoms with Crippen LogP contribution in [0.2, 0.25) is 0 Å². The first-order chi connectivity index (χ1) is 14.7. The minimum atomic E-state index is 0.00912. The van der Waals surface area contributed by atoms with E-state index in [9.17, 15) is 4.79 Å². The molecular formula is C22H25N5O2S. The number of benzene rings is 1. The Bertz CT molecular complexity index is 1150. The maximum atomic E-state index is 12.9. The van der Waals surface area contributed by atoms with Gasteiger partial charge >= 0.3 is 0 Å². The normalized spacial score (nSPS) is 17.2. The van der Waals surface area contributed by atoms with E-state index in [1.807, 2.05) is 35.2 Å². The Labute approximate surface area is 179 Å². The number of carbonyl (C=O) groups excluding carboxylic acids is 1. The standard InChI is InChI=1S/C22H25N5O2S/c23-25-22-24-19-18(21(30)27(22)15-9-5-2-6-10-15)16-11-12-26(13-17(16)29-19)20(28)14-7-3-1-4-8-14/h1,3-4,7-8,15H,2,5-6,9-13,23H2,(H,24,25). The van der Waals surface area contributed by atoms with Crippen molar-refractivity contribution in [2.24, 2.45) is 5.84 Å². The number of nitrogens with one attached hydrogen (secondary N) is 1. The second kappa shape index (κ2) is 7.85. The van der Waals surface area contributed by atoms with Crippen LogP contribution in [-0.2, 0) is 13.0 Å². The monoisotopic (exact) mass is 423 g/mol. The molecule has 0 atom stereocenters. The van der Waals surface area contributed by atoms with Crippen molar-refractivity contribution in [1.29, 1.82) is 0 Å². The zero-order chi connectivity index (χ0) is 20.7. The number of rotatable bonds is 3. The molecule has 7 nitrogen and oxygen atoms in total. The summed E-state index contributed by atoms with van der Waals surface area (Å²) in [5.41, 5.74) is 4.98. The number of hydrazine groups is 1. The molecule has 0 radical (unpaired) electrons. The molecule has 1 amide bonds. The third-order valence-corrected chi connectivity index (χ3v) is 6.68. The molecule has 0 saturated heterocycles. The van der Waals surface area contributed by atoms with Crippen LogP contribution in [0.15, 0.2) is 34.7 Å². The van der Waals surface area contributed by atoms with Gasteiger partial charge in [0.05, 0.1) is 11.9 Å². The van der Waals surface area contributed by atoms with Gasteiger partial charge in [-0.3, -0.25) is 14.8 Å². The maximum Gasteiger partial charge on any atom is 0.254 e. The number of nitrogen functional groups attached to an aromatic ring is 1. The molecule has 3 heterocycles. The van der Waals surface area contributed by atoms with Gasteiger partial charge < -0.3 is 9.32 Å². The molecule has 1 aliphatic carbocycles. The first kappa shape index (κ1) is 19.3. The van der Waals surface area contributed by atoms with Gasteiger partial charge in [0.2, 0.25) is 11.7 Å². The smallest absolute Gasteiger partial charge is 0.254 e. The van der Waals surface area contributed by atoms with Gasteiger partial charge in [-0.15, -0.1) is 0 Å². The molecule has 0 unspecified atom stereocenters. The van der Waals surface area contributed by atoms with E-state index in [0.717, 1.165) is 34.2 Å². The van der Waals surface area contributed by atoms with Gasteiger partial charge in [-0.2, -0.15) is 4.98 Å². The van der Waals surface area contributed by atoms with Crippen LogP contribution < -0.4 is 11.3 Å². The zero-order valence-corrected chi connectivity index (χ0v) is 17.6. The summed E-state index contributed by atoms with van der Waals surface area (Å²) in [5, 5.41) is 0.899. The van der Waals surface area contributed by atoms with Crippen LogP contribution in [0.25, 0.3) is 11.1 Å². The topological polar surface area (TPSA) is 89.3 Å². The Morgan fingerprint density at radius 3 is 2.70 bits per heavy atom. The Morgan fingerprint density at radius 1 is 1.20 bits per heavy atom. The van der Waals surface area contributed by atoms with Gasteiger partial charge in [-0.05, 0) is 31.4 Å². The first-order valence-corrected chi connectivity index (χ1v) is 11.0. The third-order valence-electron chi connectivity index (χ3n) is 6.28. The average Bonchev–Trinajstić information content (AvgIpc) is 3.17. The molecule has 1 saturated carbocycles. The second-order valence-corrected chi connectivity index (χ2v) is 8.46. The van der Waals surface area contributed by atoms with Crippen molar-refractivity contribution < 1.29 is 9.21 Å². The van der Waals surface area contributed by atoms with E-state index in [1.165, 1.54) is 19.3 Å². The van der Waals surface area contributed by atoms with Gasteiger partial charge in [0.15, 0.2) is 0 Å². The van der Waals surface area contributed by atoms with Gasteiger partial charge in [0.25, 0.3) is 5.91 Å². The summed E-state index contributed by atoms with van der Waals surface area (Å²) in [4.78, 5) is 19.3. The number of fused-ring (bicyclic) bond motifs is 3. The highest BCUT2D eigenvalue weighted by Crippen LogP contribution is 2.36. The van der Waals surface area contributed by atoms with E-state index >= 15 is 0 Å². The predicted octanol–water partition coefficient (Wildman–Crippen LogP) is 4.35. The fourth-order valence-corrected chi connectivity index (χ4v) is 5.22. The van der Waals surface area contributed by atoms with Crippen LogP contribution in [0.5, 0.6) is 0 Å². The van der Waals surface area contributed by atoms with Gasteiger partial charge in [-0.25, -0.2) is 5.84 Å². The van der Waals surface area contributed by atoms with Gasteiger partial charge in [0.1, 0.15) is 10.4 Å². The van der Waals surface area contributed by atoms with Crippen molar-refractivity contribution in [1.82, 2.24) is 14.5 Å². The van der Waals surface area contributed by atoms with Crippen molar-refractivity contribution in [3.63, 3.8) is 0 Å². The summed E-state index contributed by atoms with van der Waals surface area (Å²) < 4.78 is 8.90. The molecule has 156 valence electrons. The molecular weight excluding hydrogens is 398 g/mol. The van der Waals surface area contributed by atoms with E-state index in [4.69, 9.17) is 22.5 Å². The molecule has 0 bridgehead atoms. The molecule has 2 aliphatic rings. The average molecular weight is 424 g/mol. The molecule has 2 aromatic heterocycles. The predicted molar refractivity (Wildman–Crippen MR) is 118 cm³/mol. The summed E-state index contributed by atoms with van der Waals surface area (Å²) in [5.74, 6) is 7.11. The maximum absolute atomic E-state index is 12.9. The van der Waals surface area contributed by atoms with Crippen LogP contribution in [0.4, 0.5) is 5.95 Å². The second-order valence-electron chi connectivity index (χ2n) is 8.07. The Kier molecular flexibility index (Phi) is 5.04. The van der Waals surface area contributed by atoms with Crippen LogP contribution in [-0.4, -0.2) is 26.9 Å². The van der Waals surface area contributed by atoms with E-state index in [1.54, 1.807) is 0 Å². The molecule has 3 aromatic rings. The number of hydrogen-bond donors (Lipinski definition) is 2. The van der Waals surface area contributed by atoms with Crippen LogP contribution in [0.3, 0.4) is 0 Å². The number of carbonyl (C=O) groups is 1. The van der Waals surface area contributed by atoms with Crippen molar-refractivity contribution in [2.75, 3.05) is 12.0 Å². The van der Waals surface area contributed by atoms with Crippen molar-refractivity contribution in [3.05, 3.63) is 51.9 Å². The number of hydrogen-bond acceptors (Lipinski definition) is 6. The molecule has 5 rings (SSSR count). The van der Waals surface area contributed by atoms with E-state index < -0.39 is 0 Å². The molecule has 8 heteroatoms. The highest BCUT2D eigenvalue weighted by atomic mass is 32.1. The summed E-state index contributed by atoms with van der Waals surface area (Å²) in [6.45, 7) is 1.05. The lowest BCUT2D eigenvalue weighted by molar-refractivity contribution is 0.0721. The van der Waals surface area contributed by atoms with E-state index in [-0.39, 0.29) is 5.91 Å². The Balaban J connectivity index is 1.54. The number of amides is 1. The fraction of sp³-hybridized carbons (Fsp3) is 0.409. The van der Waals surface area contributed by atoms with Gasteiger partial charge in [-0.1, -0.05) is 49.7 Å². The summed E-state index contributed by atoms with van der Waals surface area (Å²) >= 11 is 5.91. The first-order valence-electron chi connectivity index (χ1n) is 10.5. The molecule has 3 N–H and O–H groups in total.